The molecule has 0 atom stereocenters. The van der Waals surface area contributed by atoms with Crippen molar-refractivity contribution in [1.29, 1.82) is 0 Å². The highest BCUT2D eigenvalue weighted by molar-refractivity contribution is 5.81. The SMILES string of the molecule is Cn1c(=O)c2c(nc(CN3CCN(C(=O)C4CC4)CC3)n2CC2CCCCC2)n(C)c1=O. The van der Waals surface area contributed by atoms with Crippen LogP contribution in [0.1, 0.15) is 50.8 Å². The average molecular weight is 443 g/mol. The molecule has 174 valence electrons. The number of fused-ring (bicyclic) bond motifs is 1. The fourth-order valence-electron chi connectivity index (χ4n) is 5.35. The lowest BCUT2D eigenvalue weighted by atomic mass is 9.89. The second-order valence-electron chi connectivity index (χ2n) is 9.90. The van der Waals surface area contributed by atoms with Crippen LogP contribution >= 0.6 is 0 Å². The van der Waals surface area contributed by atoms with Crippen LogP contribution in [0.5, 0.6) is 0 Å². The molecule has 0 spiro atoms. The van der Waals surface area contributed by atoms with Gasteiger partial charge in [-0.05, 0) is 31.6 Å². The molecule has 5 rings (SSSR count). The lowest BCUT2D eigenvalue weighted by Crippen LogP contribution is -2.49. The van der Waals surface area contributed by atoms with Crippen molar-refractivity contribution in [3.8, 4) is 0 Å². The van der Waals surface area contributed by atoms with Crippen molar-refractivity contribution in [2.45, 2.75) is 58.0 Å². The molecule has 0 radical (unpaired) electrons. The third-order valence-corrected chi connectivity index (χ3v) is 7.57. The second-order valence-corrected chi connectivity index (χ2v) is 9.90. The number of carbonyl (C=O) groups is 1. The highest BCUT2D eigenvalue weighted by atomic mass is 16.2. The van der Waals surface area contributed by atoms with Crippen molar-refractivity contribution in [1.82, 2.24) is 28.5 Å². The zero-order valence-corrected chi connectivity index (χ0v) is 19.3. The van der Waals surface area contributed by atoms with E-state index in [1.165, 1.54) is 48.3 Å². The van der Waals surface area contributed by atoms with E-state index in [0.29, 0.717) is 29.5 Å². The number of aryl methyl sites for hydroxylation is 1. The molecule has 2 aromatic heterocycles. The van der Waals surface area contributed by atoms with E-state index in [4.69, 9.17) is 4.98 Å². The predicted molar refractivity (Wildman–Crippen MR) is 121 cm³/mol. The summed E-state index contributed by atoms with van der Waals surface area (Å²) < 4.78 is 4.77. The summed E-state index contributed by atoms with van der Waals surface area (Å²) in [6, 6.07) is 0. The summed E-state index contributed by atoms with van der Waals surface area (Å²) in [6.07, 6.45) is 8.19. The summed E-state index contributed by atoms with van der Waals surface area (Å²) in [5.41, 5.74) is 0.408. The van der Waals surface area contributed by atoms with Crippen molar-refractivity contribution >= 4 is 17.1 Å². The quantitative estimate of drug-likeness (QED) is 0.692. The van der Waals surface area contributed by atoms with Gasteiger partial charge in [0, 0.05) is 52.7 Å². The van der Waals surface area contributed by atoms with Crippen LogP contribution in [0.15, 0.2) is 9.59 Å². The van der Waals surface area contributed by atoms with E-state index in [9.17, 15) is 14.4 Å². The van der Waals surface area contributed by atoms with Crippen LogP contribution in [-0.2, 0) is 32.0 Å². The molecule has 1 aliphatic heterocycles. The van der Waals surface area contributed by atoms with E-state index in [1.54, 1.807) is 7.05 Å². The number of imidazole rings is 1. The first-order valence-electron chi connectivity index (χ1n) is 12.1. The minimum absolute atomic E-state index is 0.263. The van der Waals surface area contributed by atoms with Gasteiger partial charge in [-0.1, -0.05) is 19.3 Å². The smallest absolute Gasteiger partial charge is 0.332 e. The van der Waals surface area contributed by atoms with Crippen molar-refractivity contribution in [3.05, 3.63) is 26.7 Å². The first-order valence-corrected chi connectivity index (χ1v) is 12.1. The molecule has 0 unspecified atom stereocenters. The molecule has 2 aromatic rings. The molecule has 3 fully saturated rings. The van der Waals surface area contributed by atoms with E-state index in [2.05, 4.69) is 9.47 Å². The number of hydrogen-bond acceptors (Lipinski definition) is 5. The zero-order valence-electron chi connectivity index (χ0n) is 19.3. The maximum atomic E-state index is 13.1. The van der Waals surface area contributed by atoms with E-state index in [0.717, 1.165) is 51.4 Å². The lowest BCUT2D eigenvalue weighted by Gasteiger charge is -2.34. The van der Waals surface area contributed by atoms with Crippen LogP contribution in [-0.4, -0.2) is 60.6 Å². The van der Waals surface area contributed by atoms with Gasteiger partial charge in [-0.3, -0.25) is 23.6 Å². The maximum absolute atomic E-state index is 13.1. The van der Waals surface area contributed by atoms with E-state index in [-0.39, 0.29) is 17.2 Å². The molecule has 0 bridgehead atoms. The molecule has 3 aliphatic rings. The maximum Gasteiger partial charge on any atom is 0.332 e. The molecule has 2 saturated carbocycles. The fourth-order valence-corrected chi connectivity index (χ4v) is 5.35. The molecular formula is C23H34N6O3. The number of rotatable bonds is 5. The van der Waals surface area contributed by atoms with Crippen molar-refractivity contribution in [3.63, 3.8) is 0 Å². The molecule has 2 aliphatic carbocycles. The van der Waals surface area contributed by atoms with E-state index >= 15 is 0 Å². The Morgan fingerprint density at radius 1 is 0.938 bits per heavy atom. The van der Waals surface area contributed by atoms with Crippen LogP contribution in [0.4, 0.5) is 0 Å². The highest BCUT2D eigenvalue weighted by Gasteiger charge is 2.35. The first-order chi connectivity index (χ1) is 15.4. The van der Waals surface area contributed by atoms with Gasteiger partial charge < -0.3 is 9.47 Å². The normalized spacial score (nSPS) is 20.9. The van der Waals surface area contributed by atoms with Crippen molar-refractivity contribution in [2.24, 2.45) is 25.9 Å². The number of aromatic nitrogens is 4. The number of nitrogens with zero attached hydrogens (tertiary/aromatic N) is 6. The number of hydrogen-bond donors (Lipinski definition) is 0. The Kier molecular flexibility index (Phi) is 5.69. The lowest BCUT2D eigenvalue weighted by molar-refractivity contribution is -0.134. The van der Waals surface area contributed by atoms with Gasteiger partial charge in [-0.15, -0.1) is 0 Å². The Morgan fingerprint density at radius 3 is 2.28 bits per heavy atom. The van der Waals surface area contributed by atoms with Gasteiger partial charge in [-0.25, -0.2) is 9.78 Å². The van der Waals surface area contributed by atoms with Gasteiger partial charge >= 0.3 is 5.69 Å². The Labute approximate surface area is 187 Å². The number of carbonyl (C=O) groups excluding carboxylic acids is 1. The summed E-state index contributed by atoms with van der Waals surface area (Å²) in [5.74, 6) is 1.96. The van der Waals surface area contributed by atoms with Crippen molar-refractivity contribution < 1.29 is 4.79 Å². The molecule has 32 heavy (non-hydrogen) atoms. The van der Waals surface area contributed by atoms with Gasteiger partial charge in [0.05, 0.1) is 6.54 Å². The van der Waals surface area contributed by atoms with Gasteiger partial charge in [0.1, 0.15) is 5.82 Å². The largest absolute Gasteiger partial charge is 0.340 e. The van der Waals surface area contributed by atoms with Gasteiger partial charge in [0.2, 0.25) is 5.91 Å². The fraction of sp³-hybridized carbons (Fsp3) is 0.739. The Morgan fingerprint density at radius 2 is 1.62 bits per heavy atom. The summed E-state index contributed by atoms with van der Waals surface area (Å²) in [4.78, 5) is 47.1. The van der Waals surface area contributed by atoms with Crippen LogP contribution in [0, 0.1) is 11.8 Å². The molecule has 1 saturated heterocycles. The summed E-state index contributed by atoms with van der Waals surface area (Å²) in [5, 5.41) is 0. The van der Waals surface area contributed by atoms with Crippen LogP contribution in [0.3, 0.4) is 0 Å². The number of amides is 1. The van der Waals surface area contributed by atoms with Crippen LogP contribution in [0.2, 0.25) is 0 Å². The Hall–Kier alpha value is -2.42. The summed E-state index contributed by atoms with van der Waals surface area (Å²) in [7, 11) is 3.23. The molecule has 9 nitrogen and oxygen atoms in total. The third-order valence-electron chi connectivity index (χ3n) is 7.57. The third kappa shape index (κ3) is 3.91. The topological polar surface area (TPSA) is 85.4 Å². The molecule has 0 aromatic carbocycles. The van der Waals surface area contributed by atoms with Gasteiger partial charge in [0.15, 0.2) is 11.2 Å². The highest BCUT2D eigenvalue weighted by Crippen LogP contribution is 2.31. The summed E-state index contributed by atoms with van der Waals surface area (Å²) in [6.45, 7) is 4.52. The van der Waals surface area contributed by atoms with Gasteiger partial charge in [-0.2, -0.15) is 0 Å². The van der Waals surface area contributed by atoms with Crippen LogP contribution < -0.4 is 11.2 Å². The van der Waals surface area contributed by atoms with E-state index < -0.39 is 0 Å². The molecule has 3 heterocycles. The minimum atomic E-state index is -0.344. The first kappa shape index (κ1) is 21.4. The minimum Gasteiger partial charge on any atom is -0.340 e. The van der Waals surface area contributed by atoms with Crippen LogP contribution in [0.25, 0.3) is 11.2 Å². The molecule has 0 N–H and O–H groups in total. The standard InChI is InChI=1S/C23H34N6O3/c1-25-20-19(22(31)26(2)23(25)32)29(14-16-6-4-3-5-7-16)18(24-20)15-27-10-12-28(13-11-27)21(30)17-8-9-17/h16-17H,3-15H2,1-2H3. The van der Waals surface area contributed by atoms with E-state index in [1.807, 2.05) is 4.90 Å². The Bertz CT molecular complexity index is 1130. The second kappa shape index (κ2) is 8.50. The summed E-state index contributed by atoms with van der Waals surface area (Å²) >= 11 is 0. The van der Waals surface area contributed by atoms with Gasteiger partial charge in [0.25, 0.3) is 5.56 Å². The monoisotopic (exact) mass is 442 g/mol. The molecule has 9 heteroatoms. The Balaban J connectivity index is 1.43. The zero-order chi connectivity index (χ0) is 22.4. The number of piperazine rings is 1. The average Bonchev–Trinajstić information content (AvgIpc) is 3.61. The molecular weight excluding hydrogens is 408 g/mol. The van der Waals surface area contributed by atoms with Crippen molar-refractivity contribution in [2.75, 3.05) is 26.2 Å². The molecule has 1 amide bonds. The predicted octanol–water partition coefficient (Wildman–Crippen LogP) is 1.07.